The summed E-state index contributed by atoms with van der Waals surface area (Å²) in [5.74, 6) is 0.475. The first-order valence-corrected chi connectivity index (χ1v) is 11.1. The van der Waals surface area contributed by atoms with E-state index in [1.54, 1.807) is 6.07 Å². The van der Waals surface area contributed by atoms with Gasteiger partial charge in [0.05, 0.1) is 23.8 Å². The quantitative estimate of drug-likeness (QED) is 0.495. The highest BCUT2D eigenvalue weighted by atomic mass is 19.1. The molecule has 0 bridgehead atoms. The number of fused-ring (bicyclic) bond motifs is 1. The van der Waals surface area contributed by atoms with Gasteiger partial charge in [0.2, 0.25) is 5.95 Å². The summed E-state index contributed by atoms with van der Waals surface area (Å²) in [5, 5.41) is 9.03. The number of hydrogen-bond donors (Lipinski definition) is 1. The Bertz CT molecular complexity index is 1170. The van der Waals surface area contributed by atoms with Crippen LogP contribution >= 0.6 is 0 Å². The lowest BCUT2D eigenvalue weighted by Crippen LogP contribution is -2.45. The molecular weight excluding hydrogens is 403 g/mol. The van der Waals surface area contributed by atoms with E-state index >= 15 is 0 Å². The molecule has 0 radical (unpaired) electrons. The van der Waals surface area contributed by atoms with E-state index in [1.807, 2.05) is 36.1 Å². The first-order valence-electron chi connectivity index (χ1n) is 11.1. The molecule has 7 heteroatoms. The maximum absolute atomic E-state index is 13.6. The van der Waals surface area contributed by atoms with E-state index in [1.165, 1.54) is 17.7 Å². The van der Waals surface area contributed by atoms with E-state index in [9.17, 15) is 4.39 Å². The van der Waals surface area contributed by atoms with Gasteiger partial charge in [0.25, 0.3) is 0 Å². The van der Waals surface area contributed by atoms with Gasteiger partial charge in [-0.25, -0.2) is 14.4 Å². The van der Waals surface area contributed by atoms with Gasteiger partial charge >= 0.3 is 0 Å². The first-order chi connectivity index (χ1) is 15.7. The van der Waals surface area contributed by atoms with E-state index in [0.717, 1.165) is 55.0 Å². The average Bonchev–Trinajstić information content (AvgIpc) is 3.33. The Morgan fingerprint density at radius 2 is 1.88 bits per heavy atom. The van der Waals surface area contributed by atoms with Gasteiger partial charge in [0, 0.05) is 36.9 Å². The zero-order valence-electron chi connectivity index (χ0n) is 18.2. The lowest BCUT2D eigenvalue weighted by molar-refractivity contribution is 0.338. The molecule has 0 spiro atoms. The Hall–Kier alpha value is -3.32. The maximum Gasteiger partial charge on any atom is 0.226 e. The van der Waals surface area contributed by atoms with E-state index in [-0.39, 0.29) is 11.9 Å². The zero-order valence-corrected chi connectivity index (χ0v) is 18.2. The summed E-state index contributed by atoms with van der Waals surface area (Å²) in [6, 6.07) is 17.8. The van der Waals surface area contributed by atoms with Crippen molar-refractivity contribution in [1.29, 1.82) is 0 Å². The molecule has 0 amide bonds. The fourth-order valence-corrected chi connectivity index (χ4v) is 4.45. The summed E-state index contributed by atoms with van der Waals surface area (Å²) in [4.78, 5) is 11.6. The smallest absolute Gasteiger partial charge is 0.226 e. The van der Waals surface area contributed by atoms with Crippen molar-refractivity contribution in [2.24, 2.45) is 0 Å². The van der Waals surface area contributed by atoms with Gasteiger partial charge < -0.3 is 10.2 Å². The molecule has 0 aliphatic carbocycles. The monoisotopic (exact) mass is 430 g/mol. The van der Waals surface area contributed by atoms with Crippen LogP contribution in [0.5, 0.6) is 0 Å². The Balaban J connectivity index is 1.27. The number of anilines is 1. The van der Waals surface area contributed by atoms with Crippen LogP contribution in [-0.4, -0.2) is 38.9 Å². The second-order valence-corrected chi connectivity index (χ2v) is 8.39. The van der Waals surface area contributed by atoms with Gasteiger partial charge in [-0.2, -0.15) is 5.10 Å². The molecule has 1 N–H and O–H groups in total. The molecule has 2 aromatic heterocycles. The van der Waals surface area contributed by atoms with E-state index in [4.69, 9.17) is 4.98 Å². The van der Waals surface area contributed by atoms with Crippen molar-refractivity contribution in [3.8, 4) is 0 Å². The Labute approximate surface area is 187 Å². The van der Waals surface area contributed by atoms with Crippen LogP contribution in [0.25, 0.3) is 10.9 Å². The van der Waals surface area contributed by atoms with Crippen LogP contribution in [0, 0.1) is 12.7 Å². The number of aryl methyl sites for hydroxylation is 1. The van der Waals surface area contributed by atoms with Crippen LogP contribution in [0.4, 0.5) is 10.3 Å². The van der Waals surface area contributed by atoms with Crippen molar-refractivity contribution in [3.63, 3.8) is 0 Å². The minimum absolute atomic E-state index is 0.196. The van der Waals surface area contributed by atoms with Gasteiger partial charge in [-0.05, 0) is 49.6 Å². The molecule has 1 saturated heterocycles. The molecule has 1 unspecified atom stereocenters. The van der Waals surface area contributed by atoms with Crippen LogP contribution in [0.3, 0.4) is 0 Å². The van der Waals surface area contributed by atoms with Crippen molar-refractivity contribution in [2.75, 3.05) is 18.0 Å². The average molecular weight is 431 g/mol. The third-order valence-corrected chi connectivity index (χ3v) is 6.18. The van der Waals surface area contributed by atoms with Crippen LogP contribution in [0.15, 0.2) is 67.0 Å². The van der Waals surface area contributed by atoms with E-state index in [2.05, 4.69) is 44.6 Å². The molecule has 1 aliphatic rings. The number of piperidine rings is 1. The number of rotatable bonds is 6. The highest BCUT2D eigenvalue weighted by Crippen LogP contribution is 2.24. The highest BCUT2D eigenvalue weighted by molar-refractivity contribution is 5.81. The van der Waals surface area contributed by atoms with Crippen molar-refractivity contribution >= 4 is 16.9 Å². The van der Waals surface area contributed by atoms with Gasteiger partial charge in [-0.1, -0.05) is 30.3 Å². The molecular formula is C25H27FN6. The second-order valence-electron chi connectivity index (χ2n) is 8.39. The third-order valence-electron chi connectivity index (χ3n) is 6.18. The summed E-state index contributed by atoms with van der Waals surface area (Å²) >= 11 is 0. The summed E-state index contributed by atoms with van der Waals surface area (Å²) in [6.45, 7) is 4.47. The lowest BCUT2D eigenvalue weighted by Gasteiger charge is -2.35. The fraction of sp³-hybridized carbons (Fsp3) is 0.320. The number of hydrogen-bond acceptors (Lipinski definition) is 5. The molecule has 32 heavy (non-hydrogen) atoms. The third kappa shape index (κ3) is 4.48. The number of nitrogens with one attached hydrogen (secondary N) is 1. The maximum atomic E-state index is 13.6. The number of nitrogens with zero attached hydrogens (tertiary/aromatic N) is 5. The SMILES string of the molecule is Cc1nc(N2CCC(NC(Cn3cccn3)c3ccccc3)CC2)nc2ccc(F)cc12. The van der Waals surface area contributed by atoms with Crippen LogP contribution in [-0.2, 0) is 6.54 Å². The lowest BCUT2D eigenvalue weighted by atomic mass is 10.0. The molecule has 5 rings (SSSR count). The van der Waals surface area contributed by atoms with Gasteiger partial charge in [0.15, 0.2) is 0 Å². The molecule has 3 heterocycles. The predicted octanol–water partition coefficient (Wildman–Crippen LogP) is 4.27. The number of aromatic nitrogens is 4. The molecule has 1 atom stereocenters. The van der Waals surface area contributed by atoms with Crippen molar-refractivity contribution in [2.45, 2.75) is 38.4 Å². The molecule has 1 aliphatic heterocycles. The Kier molecular flexibility index (Phi) is 5.81. The molecule has 6 nitrogen and oxygen atoms in total. The molecule has 2 aromatic carbocycles. The zero-order chi connectivity index (χ0) is 21.9. The van der Waals surface area contributed by atoms with Crippen molar-refractivity contribution in [3.05, 3.63) is 84.1 Å². The largest absolute Gasteiger partial charge is 0.341 e. The topological polar surface area (TPSA) is 58.9 Å². The van der Waals surface area contributed by atoms with Gasteiger partial charge in [-0.3, -0.25) is 4.68 Å². The Morgan fingerprint density at radius 3 is 2.62 bits per heavy atom. The van der Waals surface area contributed by atoms with Gasteiger partial charge in [0.1, 0.15) is 5.82 Å². The van der Waals surface area contributed by atoms with Crippen molar-refractivity contribution < 1.29 is 4.39 Å². The van der Waals surface area contributed by atoms with Crippen molar-refractivity contribution in [1.82, 2.24) is 25.1 Å². The normalized spacial score (nSPS) is 15.9. The fourth-order valence-electron chi connectivity index (χ4n) is 4.45. The predicted molar refractivity (Wildman–Crippen MR) is 124 cm³/mol. The first kappa shape index (κ1) is 20.6. The molecule has 4 aromatic rings. The highest BCUT2D eigenvalue weighted by Gasteiger charge is 2.24. The molecule has 0 saturated carbocycles. The minimum atomic E-state index is -0.257. The molecule has 164 valence electrons. The van der Waals surface area contributed by atoms with Crippen LogP contribution < -0.4 is 10.2 Å². The van der Waals surface area contributed by atoms with E-state index in [0.29, 0.717) is 6.04 Å². The molecule has 1 fully saturated rings. The second kappa shape index (κ2) is 9.04. The Morgan fingerprint density at radius 1 is 1.06 bits per heavy atom. The van der Waals surface area contributed by atoms with Crippen LogP contribution in [0.2, 0.25) is 0 Å². The standard InChI is InChI=1S/C25H27FN6/c1-18-22-16-20(26)8-9-23(22)30-25(28-18)31-14-10-21(11-15-31)29-24(17-32-13-5-12-27-32)19-6-3-2-4-7-19/h2-9,12-13,16,21,24,29H,10-11,14-15,17H2,1H3. The van der Waals surface area contributed by atoms with Crippen LogP contribution in [0.1, 0.15) is 30.1 Å². The summed E-state index contributed by atoms with van der Waals surface area (Å²) in [5.41, 5.74) is 2.87. The minimum Gasteiger partial charge on any atom is -0.341 e. The number of halogens is 1. The van der Waals surface area contributed by atoms with E-state index < -0.39 is 0 Å². The summed E-state index contributed by atoms with van der Waals surface area (Å²) in [7, 11) is 0. The summed E-state index contributed by atoms with van der Waals surface area (Å²) < 4.78 is 15.6. The van der Waals surface area contributed by atoms with Gasteiger partial charge in [-0.15, -0.1) is 0 Å². The number of benzene rings is 2. The summed E-state index contributed by atoms with van der Waals surface area (Å²) in [6.07, 6.45) is 5.84.